The van der Waals surface area contributed by atoms with Crippen molar-refractivity contribution in [3.63, 3.8) is 0 Å². The number of pyridine rings is 1. The second kappa shape index (κ2) is 2.86. The van der Waals surface area contributed by atoms with Crippen molar-refractivity contribution < 1.29 is 17.6 Å². The Morgan fingerprint density at radius 2 is 1.92 bits per heavy atom. The number of aromatic nitrogens is 1. The molecule has 0 spiro atoms. The molecule has 1 rings (SSSR count). The van der Waals surface area contributed by atoms with Gasteiger partial charge in [-0.1, -0.05) is 0 Å². The normalized spacial score (nSPS) is 11.8. The van der Waals surface area contributed by atoms with E-state index in [2.05, 4.69) is 4.98 Å². The number of nitrogens with two attached hydrogens (primary N) is 1. The molecule has 0 atom stereocenters. The van der Waals surface area contributed by atoms with E-state index in [1.54, 1.807) is 0 Å². The molecule has 0 aliphatic rings. The summed E-state index contributed by atoms with van der Waals surface area (Å²) in [5, 5.41) is 0. The minimum absolute atomic E-state index is 0.186. The predicted octanol–water partition coefficient (Wildman–Crippen LogP) is 2.13. The Labute approximate surface area is 71.4 Å². The van der Waals surface area contributed by atoms with Crippen molar-refractivity contribution in [1.29, 1.82) is 0 Å². The molecule has 0 aliphatic carbocycles. The summed E-state index contributed by atoms with van der Waals surface area (Å²) in [6.07, 6.45) is -4.80. The molecule has 2 nitrogen and oxygen atoms in total. The van der Waals surface area contributed by atoms with Crippen molar-refractivity contribution in [2.75, 3.05) is 5.73 Å². The summed E-state index contributed by atoms with van der Waals surface area (Å²) in [5.41, 5.74) is 3.72. The Morgan fingerprint density at radius 3 is 2.38 bits per heavy atom. The number of nitrogens with zero attached hydrogens (tertiary/aromatic N) is 1. The molecule has 1 heterocycles. The third kappa shape index (κ3) is 1.88. The van der Waals surface area contributed by atoms with E-state index in [1.165, 1.54) is 6.92 Å². The van der Waals surface area contributed by atoms with Crippen LogP contribution in [0.5, 0.6) is 0 Å². The molecule has 0 amide bonds. The largest absolute Gasteiger partial charge is 0.436 e. The smallest absolute Gasteiger partial charge is 0.383 e. The van der Waals surface area contributed by atoms with Gasteiger partial charge in [-0.2, -0.15) is 13.2 Å². The molecule has 72 valence electrons. The van der Waals surface area contributed by atoms with E-state index in [-0.39, 0.29) is 11.4 Å². The fraction of sp³-hybridized carbons (Fsp3) is 0.286. The van der Waals surface area contributed by atoms with Crippen LogP contribution >= 0.6 is 0 Å². The van der Waals surface area contributed by atoms with Crippen LogP contribution in [-0.2, 0) is 6.18 Å². The topological polar surface area (TPSA) is 38.9 Å². The number of nitrogen functional groups attached to an aromatic ring is 1. The fourth-order valence-electron chi connectivity index (χ4n) is 0.793. The van der Waals surface area contributed by atoms with Gasteiger partial charge in [-0.05, 0) is 18.6 Å². The van der Waals surface area contributed by atoms with Crippen molar-refractivity contribution in [1.82, 2.24) is 4.98 Å². The molecular weight excluding hydrogens is 188 g/mol. The SMILES string of the molecule is Cc1cc(F)c(C(F)(F)F)nc1N. The highest BCUT2D eigenvalue weighted by Gasteiger charge is 2.36. The third-order valence-electron chi connectivity index (χ3n) is 1.47. The summed E-state index contributed by atoms with van der Waals surface area (Å²) in [6.45, 7) is 1.38. The zero-order valence-corrected chi connectivity index (χ0v) is 6.61. The van der Waals surface area contributed by atoms with Gasteiger partial charge in [0.25, 0.3) is 0 Å². The number of aryl methyl sites for hydroxylation is 1. The van der Waals surface area contributed by atoms with Crippen molar-refractivity contribution in [3.05, 3.63) is 23.1 Å². The molecule has 1 aromatic rings. The van der Waals surface area contributed by atoms with Gasteiger partial charge in [0.05, 0.1) is 0 Å². The maximum Gasteiger partial charge on any atom is 0.436 e. The minimum Gasteiger partial charge on any atom is -0.383 e. The third-order valence-corrected chi connectivity index (χ3v) is 1.47. The van der Waals surface area contributed by atoms with Crippen molar-refractivity contribution in [3.8, 4) is 0 Å². The van der Waals surface area contributed by atoms with Gasteiger partial charge in [-0.3, -0.25) is 0 Å². The molecule has 6 heteroatoms. The fourth-order valence-corrected chi connectivity index (χ4v) is 0.793. The van der Waals surface area contributed by atoms with E-state index in [4.69, 9.17) is 5.73 Å². The maximum absolute atomic E-state index is 12.7. The van der Waals surface area contributed by atoms with Crippen LogP contribution in [0.3, 0.4) is 0 Å². The van der Waals surface area contributed by atoms with Crippen molar-refractivity contribution in [2.45, 2.75) is 13.1 Å². The number of hydrogen-bond donors (Lipinski definition) is 1. The summed E-state index contributed by atoms with van der Waals surface area (Å²) >= 11 is 0. The molecule has 0 saturated carbocycles. The van der Waals surface area contributed by atoms with Crippen LogP contribution in [0.2, 0.25) is 0 Å². The first-order valence-electron chi connectivity index (χ1n) is 3.32. The summed E-state index contributed by atoms with van der Waals surface area (Å²) in [7, 11) is 0. The van der Waals surface area contributed by atoms with Gasteiger partial charge in [0.15, 0.2) is 11.5 Å². The summed E-state index contributed by atoms with van der Waals surface area (Å²) < 4.78 is 48.7. The van der Waals surface area contributed by atoms with Gasteiger partial charge in [0.2, 0.25) is 0 Å². The Morgan fingerprint density at radius 1 is 1.38 bits per heavy atom. The quantitative estimate of drug-likeness (QED) is 0.642. The molecule has 0 aromatic carbocycles. The summed E-state index contributed by atoms with van der Waals surface area (Å²) in [6, 6.07) is 0.713. The Balaban J connectivity index is 3.32. The lowest BCUT2D eigenvalue weighted by molar-refractivity contribution is -0.143. The van der Waals surface area contributed by atoms with Crippen LogP contribution in [0.15, 0.2) is 6.07 Å². The molecule has 2 N–H and O–H groups in total. The standard InChI is InChI=1S/C7H6F4N2/c1-3-2-4(8)5(7(9,10)11)13-6(3)12/h2H,1H3,(H2,12,13). The molecule has 0 bridgehead atoms. The first-order chi connectivity index (χ1) is 5.82. The van der Waals surface area contributed by atoms with Crippen molar-refractivity contribution >= 4 is 5.82 Å². The number of anilines is 1. The van der Waals surface area contributed by atoms with Crippen LogP contribution in [-0.4, -0.2) is 4.98 Å². The number of halogens is 4. The second-order valence-corrected chi connectivity index (χ2v) is 2.52. The molecule has 13 heavy (non-hydrogen) atoms. The lowest BCUT2D eigenvalue weighted by Gasteiger charge is -2.08. The van der Waals surface area contributed by atoms with Gasteiger partial charge in [0.1, 0.15) is 5.82 Å². The van der Waals surface area contributed by atoms with Gasteiger partial charge in [-0.25, -0.2) is 9.37 Å². The van der Waals surface area contributed by atoms with E-state index in [0.717, 1.165) is 0 Å². The molecule has 0 aliphatic heterocycles. The molecule has 0 unspecified atom stereocenters. The minimum atomic E-state index is -4.80. The number of alkyl halides is 3. The predicted molar refractivity (Wildman–Crippen MR) is 38.3 cm³/mol. The Hall–Kier alpha value is -1.33. The van der Waals surface area contributed by atoms with E-state index in [1.807, 2.05) is 0 Å². The lowest BCUT2D eigenvalue weighted by atomic mass is 10.2. The molecule has 1 aromatic heterocycles. The van der Waals surface area contributed by atoms with Gasteiger partial charge < -0.3 is 5.73 Å². The first kappa shape index (κ1) is 9.76. The van der Waals surface area contributed by atoms with Crippen LogP contribution in [0.25, 0.3) is 0 Å². The molecular formula is C7H6F4N2. The lowest BCUT2D eigenvalue weighted by Crippen LogP contribution is -2.13. The van der Waals surface area contributed by atoms with E-state index in [9.17, 15) is 17.6 Å². The first-order valence-corrected chi connectivity index (χ1v) is 3.32. The zero-order valence-electron chi connectivity index (χ0n) is 6.61. The van der Waals surface area contributed by atoms with Crippen molar-refractivity contribution in [2.24, 2.45) is 0 Å². The average Bonchev–Trinajstić information content (AvgIpc) is 1.94. The molecule has 0 radical (unpaired) electrons. The van der Waals surface area contributed by atoms with Gasteiger partial charge in [0, 0.05) is 0 Å². The van der Waals surface area contributed by atoms with E-state index in [0.29, 0.717) is 6.07 Å². The van der Waals surface area contributed by atoms with E-state index >= 15 is 0 Å². The van der Waals surface area contributed by atoms with Crippen LogP contribution in [0.4, 0.5) is 23.4 Å². The van der Waals surface area contributed by atoms with Crippen LogP contribution < -0.4 is 5.73 Å². The van der Waals surface area contributed by atoms with Crippen LogP contribution in [0, 0.1) is 12.7 Å². The zero-order chi connectivity index (χ0) is 10.2. The highest BCUT2D eigenvalue weighted by Crippen LogP contribution is 2.30. The highest BCUT2D eigenvalue weighted by molar-refractivity contribution is 5.40. The van der Waals surface area contributed by atoms with Crippen LogP contribution in [0.1, 0.15) is 11.3 Å². The summed E-state index contributed by atoms with van der Waals surface area (Å²) in [5.74, 6) is -1.71. The number of rotatable bonds is 0. The van der Waals surface area contributed by atoms with E-state index < -0.39 is 17.7 Å². The second-order valence-electron chi connectivity index (χ2n) is 2.52. The Kier molecular flexibility index (Phi) is 2.15. The average molecular weight is 194 g/mol. The van der Waals surface area contributed by atoms with Gasteiger partial charge >= 0.3 is 6.18 Å². The molecule has 0 fully saturated rings. The molecule has 0 saturated heterocycles. The maximum atomic E-state index is 12.7. The Bertz CT molecular complexity index is 332. The monoisotopic (exact) mass is 194 g/mol. The summed E-state index contributed by atoms with van der Waals surface area (Å²) in [4.78, 5) is 2.92. The highest BCUT2D eigenvalue weighted by atomic mass is 19.4. The number of hydrogen-bond acceptors (Lipinski definition) is 2. The van der Waals surface area contributed by atoms with Gasteiger partial charge in [-0.15, -0.1) is 0 Å².